The van der Waals surface area contributed by atoms with Crippen LogP contribution in [0.1, 0.15) is 19.8 Å². The van der Waals surface area contributed by atoms with Crippen molar-refractivity contribution in [1.82, 2.24) is 20.2 Å². The molecule has 0 bridgehead atoms. The van der Waals surface area contributed by atoms with Gasteiger partial charge in [-0.05, 0) is 26.3 Å². The highest BCUT2D eigenvalue weighted by molar-refractivity contribution is 5.86. The summed E-state index contributed by atoms with van der Waals surface area (Å²) in [5.41, 5.74) is -0.352. The lowest BCUT2D eigenvalue weighted by atomic mass is 9.98. The lowest BCUT2D eigenvalue weighted by Gasteiger charge is -2.38. The van der Waals surface area contributed by atoms with Crippen LogP contribution in [0.3, 0.4) is 0 Å². The van der Waals surface area contributed by atoms with Gasteiger partial charge in [0.1, 0.15) is 5.82 Å². The van der Waals surface area contributed by atoms with Gasteiger partial charge in [0.25, 0.3) is 0 Å². The van der Waals surface area contributed by atoms with Gasteiger partial charge in [-0.3, -0.25) is 9.78 Å². The molecule has 2 aliphatic heterocycles. The third-order valence-corrected chi connectivity index (χ3v) is 4.28. The highest BCUT2D eigenvalue weighted by Gasteiger charge is 2.39. The molecule has 1 unspecified atom stereocenters. The fraction of sp³-hybridized carbons (Fsp3) is 0.643. The summed E-state index contributed by atoms with van der Waals surface area (Å²) in [4.78, 5) is 25.1. The van der Waals surface area contributed by atoms with Crippen LogP contribution in [0.4, 0.5) is 5.82 Å². The molecule has 0 radical (unpaired) electrons. The largest absolute Gasteiger partial charge is 0.352 e. The molecule has 0 spiro atoms. The van der Waals surface area contributed by atoms with Gasteiger partial charge in [-0.15, -0.1) is 0 Å². The van der Waals surface area contributed by atoms with E-state index in [2.05, 4.69) is 20.2 Å². The lowest BCUT2D eigenvalue weighted by molar-refractivity contribution is -0.137. The zero-order valence-electron chi connectivity index (χ0n) is 11.9. The maximum Gasteiger partial charge on any atom is 0.242 e. The lowest BCUT2D eigenvalue weighted by Crippen LogP contribution is -2.58. The minimum atomic E-state index is -0.352. The maximum absolute atomic E-state index is 12.6. The van der Waals surface area contributed by atoms with Crippen LogP contribution in [0.2, 0.25) is 0 Å². The standard InChI is InChI=1S/C14H21N5O/c1-14(3-2-4-17-14)13(20)19-9-7-18(8-10-19)12-11-15-5-6-16-12/h5-6,11,17H,2-4,7-10H2,1H3. The zero-order valence-corrected chi connectivity index (χ0v) is 11.9. The van der Waals surface area contributed by atoms with Gasteiger partial charge in [0.15, 0.2) is 0 Å². The Morgan fingerprint density at radius 1 is 1.30 bits per heavy atom. The van der Waals surface area contributed by atoms with Gasteiger partial charge in [-0.25, -0.2) is 4.98 Å². The van der Waals surface area contributed by atoms with Crippen molar-refractivity contribution in [1.29, 1.82) is 0 Å². The molecule has 0 aliphatic carbocycles. The highest BCUT2D eigenvalue weighted by atomic mass is 16.2. The van der Waals surface area contributed by atoms with Gasteiger partial charge in [0, 0.05) is 38.6 Å². The Balaban J connectivity index is 1.60. The zero-order chi connectivity index (χ0) is 14.0. The molecule has 1 aromatic rings. The number of piperazine rings is 1. The molecular weight excluding hydrogens is 254 g/mol. The second-order valence-electron chi connectivity index (χ2n) is 5.71. The number of carbonyl (C=O) groups is 1. The van der Waals surface area contributed by atoms with Crippen LogP contribution < -0.4 is 10.2 Å². The van der Waals surface area contributed by atoms with E-state index >= 15 is 0 Å². The molecule has 6 heteroatoms. The normalized spacial score (nSPS) is 26.9. The SMILES string of the molecule is CC1(C(=O)N2CCN(c3cnccn3)CC2)CCCN1. The van der Waals surface area contributed by atoms with E-state index < -0.39 is 0 Å². The summed E-state index contributed by atoms with van der Waals surface area (Å²) < 4.78 is 0. The number of amides is 1. The number of hydrogen-bond acceptors (Lipinski definition) is 5. The maximum atomic E-state index is 12.6. The van der Waals surface area contributed by atoms with Gasteiger partial charge in [-0.2, -0.15) is 0 Å². The molecule has 1 N–H and O–H groups in total. The van der Waals surface area contributed by atoms with E-state index in [9.17, 15) is 4.79 Å². The Morgan fingerprint density at radius 2 is 2.10 bits per heavy atom. The van der Waals surface area contributed by atoms with Gasteiger partial charge in [0.05, 0.1) is 11.7 Å². The van der Waals surface area contributed by atoms with Crippen molar-refractivity contribution in [3.05, 3.63) is 18.6 Å². The predicted octanol–water partition coefficient (Wildman–Crippen LogP) is 0.267. The number of hydrogen-bond donors (Lipinski definition) is 1. The molecular formula is C14H21N5O. The van der Waals surface area contributed by atoms with E-state index in [0.717, 1.165) is 51.4 Å². The summed E-state index contributed by atoms with van der Waals surface area (Å²) in [5, 5.41) is 3.35. The summed E-state index contributed by atoms with van der Waals surface area (Å²) in [7, 11) is 0. The molecule has 1 atom stereocenters. The average molecular weight is 275 g/mol. The third-order valence-electron chi connectivity index (χ3n) is 4.28. The van der Waals surface area contributed by atoms with Crippen molar-refractivity contribution in [3.63, 3.8) is 0 Å². The van der Waals surface area contributed by atoms with Crippen molar-refractivity contribution < 1.29 is 4.79 Å². The first-order valence-corrected chi connectivity index (χ1v) is 7.24. The summed E-state index contributed by atoms with van der Waals surface area (Å²) in [6.45, 7) is 6.12. The van der Waals surface area contributed by atoms with Crippen molar-refractivity contribution in [3.8, 4) is 0 Å². The van der Waals surface area contributed by atoms with Crippen LogP contribution in [0, 0.1) is 0 Å². The Kier molecular flexibility index (Phi) is 3.56. The Hall–Kier alpha value is -1.69. The number of nitrogens with zero attached hydrogens (tertiary/aromatic N) is 4. The number of nitrogens with one attached hydrogen (secondary N) is 1. The number of aromatic nitrogens is 2. The quantitative estimate of drug-likeness (QED) is 0.839. The van der Waals surface area contributed by atoms with Crippen LogP contribution in [0.25, 0.3) is 0 Å². The summed E-state index contributed by atoms with van der Waals surface area (Å²) in [6.07, 6.45) is 7.18. The molecule has 108 valence electrons. The van der Waals surface area contributed by atoms with Crippen LogP contribution >= 0.6 is 0 Å². The molecule has 2 saturated heterocycles. The minimum absolute atomic E-state index is 0.244. The molecule has 1 amide bonds. The van der Waals surface area contributed by atoms with Gasteiger partial charge in [-0.1, -0.05) is 0 Å². The smallest absolute Gasteiger partial charge is 0.242 e. The second-order valence-corrected chi connectivity index (χ2v) is 5.71. The predicted molar refractivity (Wildman–Crippen MR) is 76.5 cm³/mol. The molecule has 0 aromatic carbocycles. The van der Waals surface area contributed by atoms with E-state index in [1.165, 1.54) is 0 Å². The van der Waals surface area contributed by atoms with Crippen molar-refractivity contribution in [2.45, 2.75) is 25.3 Å². The number of anilines is 1. The fourth-order valence-corrected chi connectivity index (χ4v) is 3.02. The molecule has 2 aliphatic rings. The first kappa shape index (κ1) is 13.3. The molecule has 2 fully saturated rings. The van der Waals surface area contributed by atoms with E-state index in [1.54, 1.807) is 18.6 Å². The Labute approximate surface area is 119 Å². The topological polar surface area (TPSA) is 61.4 Å². The molecule has 6 nitrogen and oxygen atoms in total. The van der Waals surface area contributed by atoms with Crippen molar-refractivity contribution >= 4 is 11.7 Å². The molecule has 3 heterocycles. The van der Waals surface area contributed by atoms with Gasteiger partial charge >= 0.3 is 0 Å². The summed E-state index contributed by atoms with van der Waals surface area (Å²) >= 11 is 0. The van der Waals surface area contributed by atoms with E-state index in [1.807, 2.05) is 11.8 Å². The van der Waals surface area contributed by atoms with Gasteiger partial charge < -0.3 is 15.1 Å². The highest BCUT2D eigenvalue weighted by Crippen LogP contribution is 2.22. The fourth-order valence-electron chi connectivity index (χ4n) is 3.02. The third kappa shape index (κ3) is 2.47. The average Bonchev–Trinajstić information content (AvgIpc) is 2.96. The Bertz CT molecular complexity index is 464. The summed E-state index contributed by atoms with van der Waals surface area (Å²) in [6, 6.07) is 0. The van der Waals surface area contributed by atoms with Crippen molar-refractivity contribution in [2.24, 2.45) is 0 Å². The van der Waals surface area contributed by atoms with E-state index in [4.69, 9.17) is 0 Å². The van der Waals surface area contributed by atoms with E-state index in [-0.39, 0.29) is 11.4 Å². The summed E-state index contributed by atoms with van der Waals surface area (Å²) in [5.74, 6) is 1.14. The minimum Gasteiger partial charge on any atom is -0.352 e. The molecule has 1 aromatic heterocycles. The van der Waals surface area contributed by atoms with Crippen LogP contribution in [-0.4, -0.2) is 59.0 Å². The van der Waals surface area contributed by atoms with Crippen molar-refractivity contribution in [2.75, 3.05) is 37.6 Å². The molecule has 3 rings (SSSR count). The molecule has 0 saturated carbocycles. The van der Waals surface area contributed by atoms with Crippen LogP contribution in [0.5, 0.6) is 0 Å². The van der Waals surface area contributed by atoms with Crippen LogP contribution in [0.15, 0.2) is 18.6 Å². The first-order chi connectivity index (χ1) is 9.69. The van der Waals surface area contributed by atoms with Gasteiger partial charge in [0.2, 0.25) is 5.91 Å². The second kappa shape index (κ2) is 5.36. The van der Waals surface area contributed by atoms with Crippen LogP contribution in [-0.2, 0) is 4.79 Å². The first-order valence-electron chi connectivity index (χ1n) is 7.24. The number of carbonyl (C=O) groups excluding carboxylic acids is 1. The molecule has 20 heavy (non-hydrogen) atoms. The monoisotopic (exact) mass is 275 g/mol. The number of rotatable bonds is 2. The Morgan fingerprint density at radius 3 is 2.70 bits per heavy atom. The van der Waals surface area contributed by atoms with E-state index in [0.29, 0.717) is 0 Å².